The zero-order valence-corrected chi connectivity index (χ0v) is 31.9. The molecule has 1 heterocycles. The Balaban J connectivity index is 1.02. The molecule has 57 heavy (non-hydrogen) atoms. The van der Waals surface area contributed by atoms with Gasteiger partial charge in [-0.25, -0.2) is 0 Å². The van der Waals surface area contributed by atoms with Crippen molar-refractivity contribution in [2.24, 2.45) is 0 Å². The van der Waals surface area contributed by atoms with Gasteiger partial charge in [-0.1, -0.05) is 147 Å². The van der Waals surface area contributed by atoms with Gasteiger partial charge in [-0.3, -0.25) is 0 Å². The molecule has 0 spiro atoms. The van der Waals surface area contributed by atoms with Gasteiger partial charge < -0.3 is 9.47 Å². The molecule has 0 bridgehead atoms. The number of nitrogens with zero attached hydrogens (tertiary/aromatic N) is 2. The molecule has 1 aliphatic carbocycles. The lowest BCUT2D eigenvalue weighted by Crippen LogP contribution is -2.16. The molecule has 0 aliphatic heterocycles. The summed E-state index contributed by atoms with van der Waals surface area (Å²) < 4.78 is 2.50. The standard InChI is InChI=1S/C55H38N2/c1-55(2)47-32-38(40-31-39-26-25-37-17-12-24-51-53(37)54(39)52(33-40)57(51)50-23-11-16-36-14-7-9-21-44(36)50)27-29-45(47)46-30-28-42(34-48(46)55)56(41-18-4-3-5-19-41)49-22-10-15-35-13-6-8-20-43(35)49/h3-34H,1-2H3. The third-order valence-corrected chi connectivity index (χ3v) is 12.7. The number of hydrogen-bond donors (Lipinski definition) is 0. The quantitative estimate of drug-likeness (QED) is 0.160. The van der Waals surface area contributed by atoms with Crippen LogP contribution in [-0.4, -0.2) is 4.57 Å². The molecule has 0 radical (unpaired) electrons. The van der Waals surface area contributed by atoms with Gasteiger partial charge >= 0.3 is 0 Å². The molecule has 0 unspecified atom stereocenters. The summed E-state index contributed by atoms with van der Waals surface area (Å²) in [5.41, 5.74) is 14.8. The van der Waals surface area contributed by atoms with Gasteiger partial charge in [0.25, 0.3) is 0 Å². The molecule has 1 aliphatic rings. The van der Waals surface area contributed by atoms with E-state index in [4.69, 9.17) is 0 Å². The average molecular weight is 727 g/mol. The van der Waals surface area contributed by atoms with E-state index in [1.807, 2.05) is 0 Å². The first-order valence-electron chi connectivity index (χ1n) is 19.9. The summed E-state index contributed by atoms with van der Waals surface area (Å²) >= 11 is 0. The Morgan fingerprint density at radius 1 is 0.404 bits per heavy atom. The molecule has 0 amide bonds. The van der Waals surface area contributed by atoms with Crippen LogP contribution in [0.4, 0.5) is 17.1 Å². The van der Waals surface area contributed by atoms with E-state index in [9.17, 15) is 0 Å². The minimum Gasteiger partial charge on any atom is -0.310 e. The maximum absolute atomic E-state index is 2.50. The predicted octanol–water partition coefficient (Wildman–Crippen LogP) is 15.1. The summed E-state index contributed by atoms with van der Waals surface area (Å²) in [6.07, 6.45) is 0. The maximum atomic E-state index is 2.50. The largest absolute Gasteiger partial charge is 0.310 e. The van der Waals surface area contributed by atoms with Gasteiger partial charge in [-0.05, 0) is 116 Å². The first-order chi connectivity index (χ1) is 28.0. The summed E-state index contributed by atoms with van der Waals surface area (Å²) in [5.74, 6) is 0. The minimum atomic E-state index is -0.206. The number of fused-ring (bicyclic) bond motifs is 5. The second kappa shape index (κ2) is 11.9. The lowest BCUT2D eigenvalue weighted by Gasteiger charge is -2.29. The molecule has 11 aromatic rings. The van der Waals surface area contributed by atoms with Crippen molar-refractivity contribution in [2.45, 2.75) is 19.3 Å². The predicted molar refractivity (Wildman–Crippen MR) is 242 cm³/mol. The van der Waals surface area contributed by atoms with Crippen molar-refractivity contribution in [3.05, 3.63) is 205 Å². The lowest BCUT2D eigenvalue weighted by molar-refractivity contribution is 0.660. The molecule has 12 rings (SSSR count). The highest BCUT2D eigenvalue weighted by molar-refractivity contribution is 6.25. The van der Waals surface area contributed by atoms with Crippen LogP contribution in [0.15, 0.2) is 194 Å². The van der Waals surface area contributed by atoms with Gasteiger partial charge in [0, 0.05) is 38.3 Å². The van der Waals surface area contributed by atoms with Gasteiger partial charge in [0.1, 0.15) is 0 Å². The third kappa shape index (κ3) is 4.65. The first kappa shape index (κ1) is 32.1. The molecule has 0 atom stereocenters. The van der Waals surface area contributed by atoms with Crippen molar-refractivity contribution in [3.8, 4) is 27.9 Å². The van der Waals surface area contributed by atoms with E-state index < -0.39 is 0 Å². The molecule has 268 valence electrons. The summed E-state index contributed by atoms with van der Waals surface area (Å²) in [6.45, 7) is 4.79. The van der Waals surface area contributed by atoms with Crippen molar-refractivity contribution in [1.29, 1.82) is 0 Å². The molecular formula is C55H38N2. The van der Waals surface area contributed by atoms with Crippen LogP contribution in [0.1, 0.15) is 25.0 Å². The number of aromatic nitrogens is 1. The number of benzene rings is 10. The second-order valence-electron chi connectivity index (χ2n) is 16.2. The molecule has 0 N–H and O–H groups in total. The Labute approximate surface area is 331 Å². The van der Waals surface area contributed by atoms with Gasteiger partial charge in [0.2, 0.25) is 0 Å². The number of para-hydroxylation sites is 1. The van der Waals surface area contributed by atoms with Crippen molar-refractivity contribution >= 4 is 71.2 Å². The number of rotatable bonds is 5. The van der Waals surface area contributed by atoms with E-state index in [-0.39, 0.29) is 5.41 Å². The Morgan fingerprint density at radius 3 is 1.88 bits per heavy atom. The Morgan fingerprint density at radius 2 is 1.04 bits per heavy atom. The molecular weight excluding hydrogens is 689 g/mol. The van der Waals surface area contributed by atoms with E-state index in [1.165, 1.54) is 98.9 Å². The van der Waals surface area contributed by atoms with Crippen molar-refractivity contribution < 1.29 is 0 Å². The van der Waals surface area contributed by atoms with Crippen molar-refractivity contribution in [2.75, 3.05) is 4.90 Å². The molecule has 0 saturated carbocycles. The van der Waals surface area contributed by atoms with Crippen molar-refractivity contribution in [1.82, 2.24) is 4.57 Å². The van der Waals surface area contributed by atoms with E-state index in [1.54, 1.807) is 0 Å². The summed E-state index contributed by atoms with van der Waals surface area (Å²) in [4.78, 5) is 2.42. The van der Waals surface area contributed by atoms with Crippen LogP contribution in [0.3, 0.4) is 0 Å². The number of anilines is 3. The second-order valence-corrected chi connectivity index (χ2v) is 16.2. The fourth-order valence-electron chi connectivity index (χ4n) is 9.97. The Bertz CT molecular complexity index is 3370. The lowest BCUT2D eigenvalue weighted by atomic mass is 9.81. The van der Waals surface area contributed by atoms with Crippen LogP contribution in [-0.2, 0) is 5.41 Å². The van der Waals surface area contributed by atoms with Crippen LogP contribution >= 0.6 is 0 Å². The van der Waals surface area contributed by atoms with Crippen LogP contribution in [0.5, 0.6) is 0 Å². The first-order valence-corrected chi connectivity index (χ1v) is 19.9. The van der Waals surface area contributed by atoms with Crippen LogP contribution < -0.4 is 4.90 Å². The smallest absolute Gasteiger partial charge is 0.0553 e. The highest BCUT2D eigenvalue weighted by Gasteiger charge is 2.36. The number of hydrogen-bond acceptors (Lipinski definition) is 1. The highest BCUT2D eigenvalue weighted by atomic mass is 15.1. The fraction of sp³-hybridized carbons (Fsp3) is 0.0545. The molecule has 2 heteroatoms. The van der Waals surface area contributed by atoms with E-state index >= 15 is 0 Å². The van der Waals surface area contributed by atoms with Gasteiger partial charge in [-0.2, -0.15) is 0 Å². The summed E-state index contributed by atoms with van der Waals surface area (Å²) in [5, 5.41) is 10.2. The topological polar surface area (TPSA) is 8.17 Å². The molecule has 0 fully saturated rings. The minimum absolute atomic E-state index is 0.206. The van der Waals surface area contributed by atoms with Gasteiger partial charge in [0.05, 0.1) is 22.4 Å². The van der Waals surface area contributed by atoms with E-state index in [0.29, 0.717) is 0 Å². The van der Waals surface area contributed by atoms with Crippen LogP contribution in [0.2, 0.25) is 0 Å². The Hall–Kier alpha value is -7.16. The normalized spacial score (nSPS) is 13.2. The maximum Gasteiger partial charge on any atom is 0.0553 e. The molecule has 1 aromatic heterocycles. The Kier molecular flexibility index (Phi) is 6.72. The van der Waals surface area contributed by atoms with Crippen LogP contribution in [0.25, 0.3) is 82.1 Å². The van der Waals surface area contributed by atoms with Crippen molar-refractivity contribution in [3.63, 3.8) is 0 Å². The molecule has 2 nitrogen and oxygen atoms in total. The third-order valence-electron chi connectivity index (χ3n) is 12.7. The fourth-order valence-corrected chi connectivity index (χ4v) is 9.97. The SMILES string of the molecule is CC1(C)c2cc(-c3cc4ccc5cccc6c5c4c(c3)n6-c3cccc4ccccc34)ccc2-c2ccc(N(c3ccccc3)c3cccc4ccccc34)cc21. The summed E-state index contributed by atoms with van der Waals surface area (Å²) in [7, 11) is 0. The average Bonchev–Trinajstić information content (AvgIpc) is 3.71. The van der Waals surface area contributed by atoms with E-state index in [0.717, 1.165) is 11.4 Å². The molecule has 10 aromatic carbocycles. The zero-order chi connectivity index (χ0) is 37.8. The van der Waals surface area contributed by atoms with Gasteiger partial charge in [0.15, 0.2) is 0 Å². The summed E-state index contributed by atoms with van der Waals surface area (Å²) in [6, 6.07) is 71.9. The highest BCUT2D eigenvalue weighted by Crippen LogP contribution is 2.52. The van der Waals surface area contributed by atoms with Crippen LogP contribution in [0, 0.1) is 0 Å². The zero-order valence-electron chi connectivity index (χ0n) is 31.9. The molecule has 0 saturated heterocycles. The van der Waals surface area contributed by atoms with E-state index in [2.05, 4.69) is 217 Å². The monoisotopic (exact) mass is 726 g/mol. The van der Waals surface area contributed by atoms with Gasteiger partial charge in [-0.15, -0.1) is 0 Å².